The SMILES string of the molecule is COc1ccccc1C(=O)NCCN(Cc1ccc(F)cc1)C(C)=O. The van der Waals surface area contributed by atoms with Crippen LogP contribution in [0.1, 0.15) is 22.8 Å². The summed E-state index contributed by atoms with van der Waals surface area (Å²) >= 11 is 0. The summed E-state index contributed by atoms with van der Waals surface area (Å²) in [4.78, 5) is 25.6. The molecule has 5 nitrogen and oxygen atoms in total. The van der Waals surface area contributed by atoms with Gasteiger partial charge in [0.2, 0.25) is 5.91 Å². The first-order chi connectivity index (χ1) is 12.0. The maximum atomic E-state index is 13.0. The lowest BCUT2D eigenvalue weighted by Gasteiger charge is -2.21. The number of nitrogens with one attached hydrogen (secondary N) is 1. The Morgan fingerprint density at radius 3 is 2.44 bits per heavy atom. The van der Waals surface area contributed by atoms with Crippen LogP contribution in [0.3, 0.4) is 0 Å². The molecule has 0 bridgehead atoms. The third-order valence-electron chi connectivity index (χ3n) is 3.75. The molecule has 2 aromatic carbocycles. The highest BCUT2D eigenvalue weighted by molar-refractivity contribution is 5.96. The lowest BCUT2D eigenvalue weighted by Crippen LogP contribution is -2.37. The molecule has 132 valence electrons. The zero-order valence-electron chi connectivity index (χ0n) is 14.3. The summed E-state index contributed by atoms with van der Waals surface area (Å²) < 4.78 is 18.1. The van der Waals surface area contributed by atoms with Gasteiger partial charge in [-0.3, -0.25) is 9.59 Å². The zero-order valence-corrected chi connectivity index (χ0v) is 14.3. The van der Waals surface area contributed by atoms with E-state index in [0.717, 1.165) is 5.56 Å². The van der Waals surface area contributed by atoms with Crippen LogP contribution in [-0.2, 0) is 11.3 Å². The van der Waals surface area contributed by atoms with Gasteiger partial charge in [0.25, 0.3) is 5.91 Å². The summed E-state index contributed by atoms with van der Waals surface area (Å²) in [5.41, 5.74) is 1.27. The molecule has 2 amide bonds. The van der Waals surface area contributed by atoms with E-state index in [1.165, 1.54) is 26.2 Å². The number of halogens is 1. The molecular weight excluding hydrogens is 323 g/mol. The summed E-state index contributed by atoms with van der Waals surface area (Å²) in [6.07, 6.45) is 0. The average Bonchev–Trinajstić information content (AvgIpc) is 2.62. The minimum atomic E-state index is -0.317. The van der Waals surface area contributed by atoms with Crippen LogP contribution >= 0.6 is 0 Å². The molecule has 0 spiro atoms. The number of rotatable bonds is 7. The monoisotopic (exact) mass is 344 g/mol. The third-order valence-corrected chi connectivity index (χ3v) is 3.75. The van der Waals surface area contributed by atoms with E-state index in [4.69, 9.17) is 4.74 Å². The van der Waals surface area contributed by atoms with Crippen molar-refractivity contribution in [1.29, 1.82) is 0 Å². The Balaban J connectivity index is 1.91. The fourth-order valence-corrected chi connectivity index (χ4v) is 2.39. The van der Waals surface area contributed by atoms with E-state index in [9.17, 15) is 14.0 Å². The quantitative estimate of drug-likeness (QED) is 0.840. The van der Waals surface area contributed by atoms with Gasteiger partial charge >= 0.3 is 0 Å². The largest absolute Gasteiger partial charge is 0.496 e. The van der Waals surface area contributed by atoms with Crippen molar-refractivity contribution in [3.8, 4) is 5.75 Å². The Morgan fingerprint density at radius 2 is 1.80 bits per heavy atom. The van der Waals surface area contributed by atoms with Crippen molar-refractivity contribution >= 4 is 11.8 Å². The fraction of sp³-hybridized carbons (Fsp3) is 0.263. The van der Waals surface area contributed by atoms with Gasteiger partial charge < -0.3 is 15.0 Å². The first kappa shape index (κ1) is 18.4. The topological polar surface area (TPSA) is 58.6 Å². The highest BCUT2D eigenvalue weighted by atomic mass is 19.1. The summed E-state index contributed by atoms with van der Waals surface area (Å²) in [5.74, 6) is -0.199. The van der Waals surface area contributed by atoms with E-state index in [-0.39, 0.29) is 17.6 Å². The number of hydrogen-bond acceptors (Lipinski definition) is 3. The number of hydrogen-bond donors (Lipinski definition) is 1. The van der Waals surface area contributed by atoms with Crippen molar-refractivity contribution in [2.75, 3.05) is 20.2 Å². The molecule has 0 aliphatic heterocycles. The summed E-state index contributed by atoms with van der Waals surface area (Å²) in [5, 5.41) is 2.78. The molecule has 0 fully saturated rings. The van der Waals surface area contributed by atoms with Crippen molar-refractivity contribution in [3.63, 3.8) is 0 Å². The van der Waals surface area contributed by atoms with Crippen molar-refractivity contribution in [1.82, 2.24) is 10.2 Å². The van der Waals surface area contributed by atoms with Crippen LogP contribution in [0.25, 0.3) is 0 Å². The lowest BCUT2D eigenvalue weighted by atomic mass is 10.2. The summed E-state index contributed by atoms with van der Waals surface area (Å²) in [6, 6.07) is 12.9. The molecule has 1 N–H and O–H groups in total. The van der Waals surface area contributed by atoms with Crippen LogP contribution in [0.4, 0.5) is 4.39 Å². The predicted octanol–water partition coefficient (Wildman–Crippen LogP) is 2.61. The van der Waals surface area contributed by atoms with E-state index >= 15 is 0 Å². The van der Waals surface area contributed by atoms with Crippen LogP contribution in [0, 0.1) is 5.82 Å². The van der Waals surface area contributed by atoms with Crippen molar-refractivity contribution in [3.05, 3.63) is 65.5 Å². The Hall–Kier alpha value is -2.89. The van der Waals surface area contributed by atoms with Gasteiger partial charge in [0.05, 0.1) is 12.7 Å². The smallest absolute Gasteiger partial charge is 0.255 e. The molecule has 0 radical (unpaired) electrons. The molecule has 0 unspecified atom stereocenters. The minimum Gasteiger partial charge on any atom is -0.496 e. The molecule has 25 heavy (non-hydrogen) atoms. The van der Waals surface area contributed by atoms with E-state index in [1.54, 1.807) is 41.3 Å². The van der Waals surface area contributed by atoms with E-state index in [1.807, 2.05) is 0 Å². The van der Waals surface area contributed by atoms with E-state index < -0.39 is 0 Å². The second kappa shape index (κ2) is 8.82. The Kier molecular flexibility index (Phi) is 6.51. The molecule has 0 atom stereocenters. The Morgan fingerprint density at radius 1 is 1.12 bits per heavy atom. The molecule has 6 heteroatoms. The van der Waals surface area contributed by atoms with Gasteiger partial charge in [-0.2, -0.15) is 0 Å². The Labute approximate surface area is 146 Å². The van der Waals surface area contributed by atoms with Gasteiger partial charge in [0.15, 0.2) is 0 Å². The fourth-order valence-electron chi connectivity index (χ4n) is 2.39. The lowest BCUT2D eigenvalue weighted by molar-refractivity contribution is -0.129. The first-order valence-corrected chi connectivity index (χ1v) is 7.92. The maximum Gasteiger partial charge on any atom is 0.255 e. The van der Waals surface area contributed by atoms with Gasteiger partial charge in [0.1, 0.15) is 11.6 Å². The zero-order chi connectivity index (χ0) is 18.2. The molecule has 0 heterocycles. The van der Waals surface area contributed by atoms with Crippen LogP contribution in [0.15, 0.2) is 48.5 Å². The van der Waals surface area contributed by atoms with Crippen LogP contribution in [0.5, 0.6) is 5.75 Å². The first-order valence-electron chi connectivity index (χ1n) is 7.92. The summed E-state index contributed by atoms with van der Waals surface area (Å²) in [6.45, 7) is 2.48. The molecule has 2 aromatic rings. The van der Waals surface area contributed by atoms with Crippen LogP contribution in [-0.4, -0.2) is 36.9 Å². The number of ether oxygens (including phenoxy) is 1. The predicted molar refractivity (Wildman–Crippen MR) is 92.8 cm³/mol. The number of benzene rings is 2. The second-order valence-electron chi connectivity index (χ2n) is 5.52. The van der Waals surface area contributed by atoms with Gasteiger partial charge in [-0.25, -0.2) is 4.39 Å². The molecule has 0 aliphatic carbocycles. The number of para-hydroxylation sites is 1. The number of amides is 2. The minimum absolute atomic E-state index is 0.115. The maximum absolute atomic E-state index is 13.0. The molecular formula is C19H21FN2O3. The summed E-state index contributed by atoms with van der Waals surface area (Å²) in [7, 11) is 1.51. The molecule has 2 rings (SSSR count). The number of nitrogens with zero attached hydrogens (tertiary/aromatic N) is 1. The van der Waals surface area contributed by atoms with Crippen molar-refractivity contribution in [2.45, 2.75) is 13.5 Å². The molecule has 0 aliphatic rings. The number of methoxy groups -OCH3 is 1. The molecule has 0 saturated carbocycles. The van der Waals surface area contributed by atoms with Gasteiger partial charge in [-0.05, 0) is 29.8 Å². The van der Waals surface area contributed by atoms with Crippen molar-refractivity contribution < 1.29 is 18.7 Å². The Bertz CT molecular complexity index is 732. The standard InChI is InChI=1S/C19H21FN2O3/c1-14(23)22(13-15-7-9-16(20)10-8-15)12-11-21-19(24)17-5-3-4-6-18(17)25-2/h3-10H,11-13H2,1-2H3,(H,21,24). The number of carbonyl (C=O) groups is 2. The highest BCUT2D eigenvalue weighted by Crippen LogP contribution is 2.16. The van der Waals surface area contributed by atoms with Crippen molar-refractivity contribution in [2.24, 2.45) is 0 Å². The average molecular weight is 344 g/mol. The van der Waals surface area contributed by atoms with E-state index in [0.29, 0.717) is 30.9 Å². The second-order valence-corrected chi connectivity index (χ2v) is 5.52. The normalized spacial score (nSPS) is 10.2. The van der Waals surface area contributed by atoms with Crippen LogP contribution < -0.4 is 10.1 Å². The number of carbonyl (C=O) groups excluding carboxylic acids is 2. The molecule has 0 aromatic heterocycles. The van der Waals surface area contributed by atoms with Crippen LogP contribution in [0.2, 0.25) is 0 Å². The highest BCUT2D eigenvalue weighted by Gasteiger charge is 2.13. The molecule has 0 saturated heterocycles. The third kappa shape index (κ3) is 5.31. The van der Waals surface area contributed by atoms with Gasteiger partial charge in [-0.15, -0.1) is 0 Å². The van der Waals surface area contributed by atoms with Gasteiger partial charge in [-0.1, -0.05) is 24.3 Å². The van der Waals surface area contributed by atoms with Gasteiger partial charge in [0, 0.05) is 26.6 Å². The van der Waals surface area contributed by atoms with E-state index in [2.05, 4.69) is 5.32 Å².